The molecule has 0 saturated heterocycles. The van der Waals surface area contributed by atoms with Gasteiger partial charge in [0.25, 0.3) is 0 Å². The van der Waals surface area contributed by atoms with Crippen LogP contribution in [0.1, 0.15) is 30.9 Å². The van der Waals surface area contributed by atoms with Crippen LogP contribution in [0.2, 0.25) is 0 Å². The number of benzene rings is 1. The van der Waals surface area contributed by atoms with Crippen molar-refractivity contribution in [3.05, 3.63) is 27.7 Å². The second kappa shape index (κ2) is 8.70. The fraction of sp³-hybridized carbons (Fsp3) is 0.533. The number of carbonyl (C=O) groups excluding carboxylic acids is 1. The van der Waals surface area contributed by atoms with Crippen LogP contribution in [0.5, 0.6) is 0 Å². The molecule has 1 amide bonds. The second-order valence-electron chi connectivity index (χ2n) is 4.84. The van der Waals surface area contributed by atoms with Crippen molar-refractivity contribution in [2.75, 3.05) is 12.4 Å². The molecule has 0 aliphatic rings. The maximum atomic E-state index is 11.9. The zero-order valence-corrected chi connectivity index (χ0v) is 14.6. The van der Waals surface area contributed by atoms with E-state index in [2.05, 4.69) is 33.4 Å². The zero-order chi connectivity index (χ0) is 15.1. The lowest BCUT2D eigenvalue weighted by Crippen LogP contribution is -2.36. The van der Waals surface area contributed by atoms with Crippen LogP contribution >= 0.6 is 27.7 Å². The Kier molecular flexibility index (Phi) is 7.62. The van der Waals surface area contributed by atoms with Crippen molar-refractivity contribution >= 4 is 33.6 Å². The summed E-state index contributed by atoms with van der Waals surface area (Å²) in [6, 6.07) is 4.25. The molecule has 1 aromatic rings. The summed E-state index contributed by atoms with van der Waals surface area (Å²) in [4.78, 5) is 13.0. The number of hydrogen-bond acceptors (Lipinski definition) is 3. The maximum Gasteiger partial charge on any atom is 0.230 e. The Balaban J connectivity index is 2.54. The molecule has 0 aliphatic carbocycles. The van der Waals surface area contributed by atoms with E-state index in [0.29, 0.717) is 12.2 Å². The molecule has 0 aliphatic heterocycles. The predicted octanol–water partition coefficient (Wildman–Crippen LogP) is 3.44. The first-order chi connectivity index (χ1) is 9.47. The second-order valence-corrected chi connectivity index (χ2v) is 6.71. The highest BCUT2D eigenvalue weighted by molar-refractivity contribution is 9.10. The van der Waals surface area contributed by atoms with Gasteiger partial charge in [-0.25, -0.2) is 0 Å². The summed E-state index contributed by atoms with van der Waals surface area (Å²) in [5.41, 5.74) is 2.34. The first kappa shape index (κ1) is 17.5. The zero-order valence-electron chi connectivity index (χ0n) is 12.2. The number of thioether (sulfide) groups is 1. The molecule has 112 valence electrons. The Labute approximate surface area is 133 Å². The average Bonchev–Trinajstić information content (AvgIpc) is 2.40. The van der Waals surface area contributed by atoms with Gasteiger partial charge in [-0.2, -0.15) is 0 Å². The molecule has 1 aromatic carbocycles. The number of carbonyl (C=O) groups is 1. The highest BCUT2D eigenvalue weighted by Crippen LogP contribution is 2.28. The number of nitrogens with one attached hydrogen (secondary N) is 1. The van der Waals surface area contributed by atoms with Crippen LogP contribution in [-0.2, 0) is 4.79 Å². The van der Waals surface area contributed by atoms with Gasteiger partial charge in [0.1, 0.15) is 0 Å². The summed E-state index contributed by atoms with van der Waals surface area (Å²) >= 11 is 5.06. The lowest BCUT2D eigenvalue weighted by atomic mass is 10.1. The standard InChI is InChI=1S/C15H22BrNO2S/c1-4-12(5-6-18)17-15(19)9-20-14-8-10(2)13(16)7-11(14)3/h7-8,12,18H,4-6,9H2,1-3H3,(H,17,19). The van der Waals surface area contributed by atoms with Gasteiger partial charge in [0.15, 0.2) is 0 Å². The van der Waals surface area contributed by atoms with E-state index in [1.54, 1.807) is 11.8 Å². The summed E-state index contributed by atoms with van der Waals surface area (Å²) < 4.78 is 1.10. The summed E-state index contributed by atoms with van der Waals surface area (Å²) in [6.07, 6.45) is 1.46. The van der Waals surface area contributed by atoms with Gasteiger partial charge < -0.3 is 10.4 Å². The van der Waals surface area contributed by atoms with Gasteiger partial charge in [0.05, 0.1) is 5.75 Å². The van der Waals surface area contributed by atoms with Crippen molar-refractivity contribution in [2.24, 2.45) is 0 Å². The van der Waals surface area contributed by atoms with E-state index in [-0.39, 0.29) is 18.6 Å². The van der Waals surface area contributed by atoms with Crippen LogP contribution in [0.4, 0.5) is 0 Å². The van der Waals surface area contributed by atoms with Gasteiger partial charge in [0, 0.05) is 22.0 Å². The van der Waals surface area contributed by atoms with Gasteiger partial charge in [0.2, 0.25) is 5.91 Å². The molecular weight excluding hydrogens is 338 g/mol. The molecule has 0 spiro atoms. The highest BCUT2D eigenvalue weighted by atomic mass is 79.9. The van der Waals surface area contributed by atoms with Crippen molar-refractivity contribution in [3.63, 3.8) is 0 Å². The summed E-state index contributed by atoms with van der Waals surface area (Å²) in [5.74, 6) is 0.430. The van der Waals surface area contributed by atoms with E-state index in [1.165, 1.54) is 11.1 Å². The minimum Gasteiger partial charge on any atom is -0.396 e. The molecule has 1 atom stereocenters. The lowest BCUT2D eigenvalue weighted by molar-refractivity contribution is -0.119. The Morgan fingerprint density at radius 1 is 1.40 bits per heavy atom. The fourth-order valence-corrected chi connectivity index (χ4v) is 3.23. The van der Waals surface area contributed by atoms with Gasteiger partial charge in [-0.3, -0.25) is 4.79 Å². The molecule has 0 bridgehead atoms. The van der Waals surface area contributed by atoms with Gasteiger partial charge in [-0.1, -0.05) is 22.9 Å². The SMILES string of the molecule is CCC(CCO)NC(=O)CSc1cc(C)c(Br)cc1C. The van der Waals surface area contributed by atoms with E-state index in [4.69, 9.17) is 5.11 Å². The number of aliphatic hydroxyl groups excluding tert-OH is 1. The first-order valence-electron chi connectivity index (χ1n) is 6.77. The van der Waals surface area contributed by atoms with E-state index in [9.17, 15) is 4.79 Å². The van der Waals surface area contributed by atoms with Crippen molar-refractivity contribution < 1.29 is 9.90 Å². The van der Waals surface area contributed by atoms with Crippen LogP contribution < -0.4 is 5.32 Å². The van der Waals surface area contributed by atoms with E-state index in [1.807, 2.05) is 20.8 Å². The fourth-order valence-electron chi connectivity index (χ4n) is 1.86. The smallest absolute Gasteiger partial charge is 0.230 e. The molecule has 1 rings (SSSR count). The third-order valence-electron chi connectivity index (χ3n) is 3.15. The summed E-state index contributed by atoms with van der Waals surface area (Å²) in [7, 11) is 0. The predicted molar refractivity (Wildman–Crippen MR) is 88.3 cm³/mol. The molecule has 3 nitrogen and oxygen atoms in total. The normalized spacial score (nSPS) is 12.2. The van der Waals surface area contributed by atoms with Gasteiger partial charge in [-0.05, 0) is 49.9 Å². The number of aliphatic hydroxyl groups is 1. The van der Waals surface area contributed by atoms with Crippen LogP contribution in [0, 0.1) is 13.8 Å². The lowest BCUT2D eigenvalue weighted by Gasteiger charge is -2.16. The van der Waals surface area contributed by atoms with Crippen LogP contribution in [-0.4, -0.2) is 29.4 Å². The Morgan fingerprint density at radius 2 is 2.10 bits per heavy atom. The van der Waals surface area contributed by atoms with E-state index >= 15 is 0 Å². The van der Waals surface area contributed by atoms with Crippen molar-refractivity contribution in [1.82, 2.24) is 5.32 Å². The summed E-state index contributed by atoms with van der Waals surface area (Å²) in [5, 5.41) is 11.9. The van der Waals surface area contributed by atoms with Crippen LogP contribution in [0.3, 0.4) is 0 Å². The molecule has 0 saturated carbocycles. The van der Waals surface area contributed by atoms with Gasteiger partial charge >= 0.3 is 0 Å². The maximum absolute atomic E-state index is 11.9. The molecule has 2 N–H and O–H groups in total. The van der Waals surface area contributed by atoms with Crippen molar-refractivity contribution in [3.8, 4) is 0 Å². The van der Waals surface area contributed by atoms with Crippen LogP contribution in [0.15, 0.2) is 21.5 Å². The number of hydrogen-bond donors (Lipinski definition) is 2. The number of halogens is 1. The third kappa shape index (κ3) is 5.46. The Bertz CT molecular complexity index is 465. The molecule has 5 heteroatoms. The molecule has 0 aromatic heterocycles. The van der Waals surface area contributed by atoms with Crippen LogP contribution in [0.25, 0.3) is 0 Å². The Morgan fingerprint density at radius 3 is 2.70 bits per heavy atom. The van der Waals surface area contributed by atoms with E-state index < -0.39 is 0 Å². The van der Waals surface area contributed by atoms with Crippen molar-refractivity contribution in [1.29, 1.82) is 0 Å². The minimum absolute atomic E-state index is 0.0234. The number of rotatable bonds is 7. The van der Waals surface area contributed by atoms with Gasteiger partial charge in [-0.15, -0.1) is 11.8 Å². The topological polar surface area (TPSA) is 49.3 Å². The quantitative estimate of drug-likeness (QED) is 0.733. The largest absolute Gasteiger partial charge is 0.396 e. The monoisotopic (exact) mass is 359 g/mol. The number of aryl methyl sites for hydroxylation is 2. The highest BCUT2D eigenvalue weighted by Gasteiger charge is 2.11. The number of amides is 1. The summed E-state index contributed by atoms with van der Waals surface area (Å²) in [6.45, 7) is 6.21. The molecule has 0 fully saturated rings. The van der Waals surface area contributed by atoms with Crippen molar-refractivity contribution in [2.45, 2.75) is 44.6 Å². The molecule has 1 unspecified atom stereocenters. The Hall–Kier alpha value is -0.520. The molecular formula is C15H22BrNO2S. The first-order valence-corrected chi connectivity index (χ1v) is 8.55. The molecule has 20 heavy (non-hydrogen) atoms. The minimum atomic E-state index is 0.0234. The average molecular weight is 360 g/mol. The third-order valence-corrected chi connectivity index (χ3v) is 5.16. The molecule has 0 radical (unpaired) electrons. The van der Waals surface area contributed by atoms with E-state index in [0.717, 1.165) is 15.8 Å². The molecule has 0 heterocycles.